The van der Waals surface area contributed by atoms with E-state index < -0.39 is 40.4 Å². The molecule has 5 nitrogen and oxygen atoms in total. The summed E-state index contributed by atoms with van der Waals surface area (Å²) >= 11 is 0. The standard InChI is InChI=1S/C20H17F2NO4/c1-20(2,23-19(27)17-14(21)4-3-5-15(17)22)18(26)13-9-6-12(7-10-13)8-11-16(24)25/h3-11H,1-2H3,(H,23,27)(H,24,25). The van der Waals surface area contributed by atoms with Gasteiger partial charge in [-0.05, 0) is 37.6 Å². The molecule has 0 saturated heterocycles. The Hall–Kier alpha value is -3.35. The molecule has 0 bridgehead atoms. The number of carboxylic acid groups (broad SMARTS) is 1. The van der Waals surface area contributed by atoms with Gasteiger partial charge in [-0.1, -0.05) is 30.3 Å². The molecule has 2 aromatic carbocycles. The molecule has 2 N–H and O–H groups in total. The van der Waals surface area contributed by atoms with Gasteiger partial charge in [-0.2, -0.15) is 0 Å². The van der Waals surface area contributed by atoms with Crippen molar-refractivity contribution >= 4 is 23.7 Å². The number of Topliss-reactive ketones (excluding diaryl/α,β-unsaturated/α-hetero) is 1. The third-order valence-electron chi connectivity index (χ3n) is 3.77. The molecule has 0 spiro atoms. The van der Waals surface area contributed by atoms with Crippen molar-refractivity contribution in [3.05, 3.63) is 76.9 Å². The third-order valence-corrected chi connectivity index (χ3v) is 3.77. The summed E-state index contributed by atoms with van der Waals surface area (Å²) in [4.78, 5) is 35.4. The van der Waals surface area contributed by atoms with Crippen LogP contribution < -0.4 is 5.32 Å². The number of halogens is 2. The van der Waals surface area contributed by atoms with Crippen LogP contribution in [0.3, 0.4) is 0 Å². The molecule has 0 saturated carbocycles. The lowest BCUT2D eigenvalue weighted by atomic mass is 9.92. The lowest BCUT2D eigenvalue weighted by Gasteiger charge is -2.25. The molecule has 0 atom stereocenters. The quantitative estimate of drug-likeness (QED) is 0.600. The van der Waals surface area contributed by atoms with E-state index in [0.29, 0.717) is 5.56 Å². The van der Waals surface area contributed by atoms with Gasteiger partial charge in [0.1, 0.15) is 17.2 Å². The van der Waals surface area contributed by atoms with Gasteiger partial charge in [0.2, 0.25) is 0 Å². The molecule has 0 aromatic heterocycles. The van der Waals surface area contributed by atoms with Crippen LogP contribution in [0, 0.1) is 11.6 Å². The van der Waals surface area contributed by atoms with Gasteiger partial charge < -0.3 is 10.4 Å². The summed E-state index contributed by atoms with van der Waals surface area (Å²) in [5.41, 5.74) is -1.36. The van der Waals surface area contributed by atoms with Crippen LogP contribution in [0.25, 0.3) is 6.08 Å². The fourth-order valence-corrected chi connectivity index (χ4v) is 2.39. The van der Waals surface area contributed by atoms with Crippen LogP contribution in [-0.2, 0) is 4.79 Å². The van der Waals surface area contributed by atoms with Crippen molar-refractivity contribution in [2.75, 3.05) is 0 Å². The van der Waals surface area contributed by atoms with E-state index in [1.807, 2.05) is 0 Å². The summed E-state index contributed by atoms with van der Waals surface area (Å²) < 4.78 is 27.5. The van der Waals surface area contributed by atoms with Gasteiger partial charge in [0.05, 0.1) is 5.54 Å². The summed E-state index contributed by atoms with van der Waals surface area (Å²) in [6.07, 6.45) is 2.33. The first-order valence-corrected chi connectivity index (χ1v) is 7.94. The maximum atomic E-state index is 13.7. The van der Waals surface area contributed by atoms with Crippen molar-refractivity contribution in [3.63, 3.8) is 0 Å². The van der Waals surface area contributed by atoms with Gasteiger partial charge in [0, 0.05) is 11.6 Å². The molecule has 27 heavy (non-hydrogen) atoms. The minimum Gasteiger partial charge on any atom is -0.478 e. The number of ketones is 1. The highest BCUT2D eigenvalue weighted by molar-refractivity contribution is 6.06. The highest BCUT2D eigenvalue weighted by atomic mass is 19.1. The zero-order chi connectivity index (χ0) is 20.2. The molecule has 1 amide bonds. The van der Waals surface area contributed by atoms with Crippen molar-refractivity contribution in [1.82, 2.24) is 5.32 Å². The molecule has 140 valence electrons. The van der Waals surface area contributed by atoms with E-state index in [4.69, 9.17) is 5.11 Å². The number of hydrogen-bond acceptors (Lipinski definition) is 3. The van der Waals surface area contributed by atoms with E-state index in [1.165, 1.54) is 32.1 Å². The van der Waals surface area contributed by atoms with E-state index >= 15 is 0 Å². The number of benzene rings is 2. The first-order valence-electron chi connectivity index (χ1n) is 7.94. The molecular weight excluding hydrogens is 356 g/mol. The van der Waals surface area contributed by atoms with Crippen molar-refractivity contribution < 1.29 is 28.3 Å². The number of nitrogens with one attached hydrogen (secondary N) is 1. The first kappa shape index (κ1) is 20.0. The van der Waals surface area contributed by atoms with Gasteiger partial charge in [-0.15, -0.1) is 0 Å². The highest BCUT2D eigenvalue weighted by Crippen LogP contribution is 2.18. The minimum absolute atomic E-state index is 0.252. The second-order valence-electron chi connectivity index (χ2n) is 6.30. The Balaban J connectivity index is 2.19. The molecule has 2 aromatic rings. The van der Waals surface area contributed by atoms with Gasteiger partial charge in [-0.3, -0.25) is 9.59 Å². The normalized spacial score (nSPS) is 11.4. The van der Waals surface area contributed by atoms with Crippen LogP contribution in [0.5, 0.6) is 0 Å². The summed E-state index contributed by atoms with van der Waals surface area (Å²) in [7, 11) is 0. The Bertz CT molecular complexity index is 898. The van der Waals surface area contributed by atoms with Crippen LogP contribution in [0.15, 0.2) is 48.5 Å². The fraction of sp³-hybridized carbons (Fsp3) is 0.150. The number of aliphatic carboxylic acids is 1. The van der Waals surface area contributed by atoms with E-state index in [9.17, 15) is 23.2 Å². The van der Waals surface area contributed by atoms with Crippen LogP contribution >= 0.6 is 0 Å². The largest absolute Gasteiger partial charge is 0.478 e. The number of rotatable bonds is 6. The van der Waals surface area contributed by atoms with Crippen LogP contribution in [0.4, 0.5) is 8.78 Å². The maximum absolute atomic E-state index is 13.7. The molecule has 0 radical (unpaired) electrons. The van der Waals surface area contributed by atoms with Gasteiger partial charge in [0.25, 0.3) is 5.91 Å². The molecule has 0 unspecified atom stereocenters. The topological polar surface area (TPSA) is 83.5 Å². The zero-order valence-corrected chi connectivity index (χ0v) is 14.6. The Morgan fingerprint density at radius 2 is 1.56 bits per heavy atom. The van der Waals surface area contributed by atoms with E-state index in [1.54, 1.807) is 12.1 Å². The second kappa shape index (κ2) is 7.90. The molecular formula is C20H17F2NO4. The smallest absolute Gasteiger partial charge is 0.328 e. The summed E-state index contributed by atoms with van der Waals surface area (Å²) in [5.74, 6) is -4.65. The minimum atomic E-state index is -1.43. The number of carboxylic acids is 1. The summed E-state index contributed by atoms with van der Waals surface area (Å²) in [6.45, 7) is 2.84. The van der Waals surface area contributed by atoms with Gasteiger partial charge in [-0.25, -0.2) is 13.6 Å². The predicted octanol–water partition coefficient (Wildman–Crippen LogP) is 3.45. The highest BCUT2D eigenvalue weighted by Gasteiger charge is 2.32. The van der Waals surface area contributed by atoms with Gasteiger partial charge in [0.15, 0.2) is 5.78 Å². The zero-order valence-electron chi connectivity index (χ0n) is 14.6. The van der Waals surface area contributed by atoms with Crippen molar-refractivity contribution in [2.45, 2.75) is 19.4 Å². The van der Waals surface area contributed by atoms with Crippen LogP contribution in [0.2, 0.25) is 0 Å². The molecule has 0 aliphatic rings. The van der Waals surface area contributed by atoms with Crippen LogP contribution in [0.1, 0.15) is 40.1 Å². The Labute approximate surface area is 154 Å². The lowest BCUT2D eigenvalue weighted by Crippen LogP contribution is -2.50. The summed E-state index contributed by atoms with van der Waals surface area (Å²) in [5, 5.41) is 11.0. The van der Waals surface area contributed by atoms with Crippen molar-refractivity contribution in [1.29, 1.82) is 0 Å². The van der Waals surface area contributed by atoms with Crippen molar-refractivity contribution in [3.8, 4) is 0 Å². The predicted molar refractivity (Wildman–Crippen MR) is 95.3 cm³/mol. The Morgan fingerprint density at radius 1 is 1.00 bits per heavy atom. The van der Waals surface area contributed by atoms with E-state index in [2.05, 4.69) is 5.32 Å². The average Bonchev–Trinajstić information content (AvgIpc) is 2.59. The molecule has 2 rings (SSSR count). The van der Waals surface area contributed by atoms with Crippen molar-refractivity contribution in [2.24, 2.45) is 0 Å². The second-order valence-corrected chi connectivity index (χ2v) is 6.30. The molecule has 7 heteroatoms. The van der Waals surface area contributed by atoms with Gasteiger partial charge >= 0.3 is 5.97 Å². The monoisotopic (exact) mass is 373 g/mol. The van der Waals surface area contributed by atoms with E-state index in [-0.39, 0.29) is 5.56 Å². The van der Waals surface area contributed by atoms with Crippen LogP contribution in [-0.4, -0.2) is 28.3 Å². The SMILES string of the molecule is CC(C)(NC(=O)c1c(F)cccc1F)C(=O)c1ccc(C=CC(=O)O)cc1. The molecule has 0 fully saturated rings. The average molecular weight is 373 g/mol. The maximum Gasteiger partial charge on any atom is 0.328 e. The number of carbonyl (C=O) groups is 3. The molecule has 0 heterocycles. The summed E-state index contributed by atoms with van der Waals surface area (Å²) in [6, 6.07) is 9.08. The van der Waals surface area contributed by atoms with E-state index in [0.717, 1.165) is 24.3 Å². The third kappa shape index (κ3) is 4.84. The number of amides is 1. The first-order chi connectivity index (χ1) is 12.6. The number of carbonyl (C=O) groups excluding carboxylic acids is 2. The Kier molecular flexibility index (Phi) is 5.85. The fourth-order valence-electron chi connectivity index (χ4n) is 2.39. The molecule has 0 aliphatic heterocycles. The Morgan fingerprint density at radius 3 is 2.07 bits per heavy atom. The molecule has 0 aliphatic carbocycles. The lowest BCUT2D eigenvalue weighted by molar-refractivity contribution is -0.131. The number of hydrogen-bond donors (Lipinski definition) is 2.